The average molecular weight is 497 g/mol. The number of benzene rings is 1. The van der Waals surface area contributed by atoms with Crippen LogP contribution in [0.15, 0.2) is 64.8 Å². The van der Waals surface area contributed by atoms with Crippen molar-refractivity contribution < 1.29 is 22.3 Å². The third-order valence-electron chi connectivity index (χ3n) is 5.63. The Morgan fingerprint density at radius 2 is 1.89 bits per heavy atom. The minimum atomic E-state index is -3.99. The van der Waals surface area contributed by atoms with Gasteiger partial charge in [0.05, 0.1) is 47.0 Å². The fourth-order valence-electron chi connectivity index (χ4n) is 3.75. The Bertz CT molecular complexity index is 1480. The number of sulfone groups is 1. The number of amides is 1. The Labute approximate surface area is 200 Å². The molecule has 10 nitrogen and oxygen atoms in total. The summed E-state index contributed by atoms with van der Waals surface area (Å²) in [6, 6.07) is 8.33. The van der Waals surface area contributed by atoms with Gasteiger partial charge in [-0.1, -0.05) is 0 Å². The van der Waals surface area contributed by atoms with Crippen LogP contribution in [0, 0.1) is 5.82 Å². The number of aromatic amines is 1. The molecule has 1 saturated heterocycles. The van der Waals surface area contributed by atoms with Crippen molar-refractivity contribution in [2.45, 2.75) is 16.3 Å². The number of nitrogens with one attached hydrogen (secondary N) is 2. The van der Waals surface area contributed by atoms with Gasteiger partial charge in [0.2, 0.25) is 9.84 Å². The van der Waals surface area contributed by atoms with E-state index in [1.54, 1.807) is 12.3 Å². The molecule has 1 amide bonds. The molecule has 1 fully saturated rings. The largest absolute Gasteiger partial charge is 0.378 e. The van der Waals surface area contributed by atoms with Gasteiger partial charge in [0, 0.05) is 36.6 Å². The first kappa shape index (κ1) is 22.9. The lowest BCUT2D eigenvalue weighted by Crippen LogP contribution is -2.36. The van der Waals surface area contributed by atoms with Gasteiger partial charge in [0.15, 0.2) is 5.65 Å². The maximum Gasteiger partial charge on any atom is 0.253 e. The van der Waals surface area contributed by atoms with Crippen LogP contribution in [-0.4, -0.2) is 60.8 Å². The molecule has 180 valence electrons. The molecule has 1 aliphatic heterocycles. The highest BCUT2D eigenvalue weighted by molar-refractivity contribution is 7.91. The maximum absolute atomic E-state index is 14.3. The Morgan fingerprint density at radius 3 is 2.66 bits per heavy atom. The number of rotatable bonds is 6. The Hall–Kier alpha value is -3.90. The van der Waals surface area contributed by atoms with E-state index >= 15 is 0 Å². The van der Waals surface area contributed by atoms with E-state index in [1.165, 1.54) is 36.7 Å². The van der Waals surface area contributed by atoms with Crippen LogP contribution in [0.3, 0.4) is 0 Å². The van der Waals surface area contributed by atoms with E-state index in [1.807, 2.05) is 4.90 Å². The van der Waals surface area contributed by atoms with Crippen LogP contribution in [0.5, 0.6) is 0 Å². The first-order valence-corrected chi connectivity index (χ1v) is 12.3. The Morgan fingerprint density at radius 1 is 1.06 bits per heavy atom. The van der Waals surface area contributed by atoms with E-state index < -0.39 is 15.7 Å². The molecule has 1 aromatic carbocycles. The molecule has 0 atom stereocenters. The first-order valence-electron chi connectivity index (χ1n) is 10.8. The zero-order valence-corrected chi connectivity index (χ0v) is 19.3. The second kappa shape index (κ2) is 9.39. The van der Waals surface area contributed by atoms with Gasteiger partial charge in [-0.05, 0) is 36.4 Å². The third kappa shape index (κ3) is 4.84. The van der Waals surface area contributed by atoms with Crippen molar-refractivity contribution in [3.8, 4) is 0 Å². The summed E-state index contributed by atoms with van der Waals surface area (Å²) >= 11 is 0. The minimum Gasteiger partial charge on any atom is -0.378 e. The molecule has 4 heterocycles. The van der Waals surface area contributed by atoms with Gasteiger partial charge >= 0.3 is 0 Å². The molecule has 5 rings (SSSR count). The summed E-state index contributed by atoms with van der Waals surface area (Å²) in [6.07, 6.45) is 4.21. The number of hydrogen-bond donors (Lipinski definition) is 2. The van der Waals surface area contributed by atoms with Crippen LogP contribution in [-0.2, 0) is 21.1 Å². The Kier molecular flexibility index (Phi) is 6.14. The molecule has 0 spiro atoms. The zero-order chi connectivity index (χ0) is 24.4. The van der Waals surface area contributed by atoms with Gasteiger partial charge in [-0.25, -0.2) is 17.8 Å². The van der Waals surface area contributed by atoms with Crippen molar-refractivity contribution in [2.24, 2.45) is 0 Å². The van der Waals surface area contributed by atoms with Gasteiger partial charge in [0.25, 0.3) is 5.91 Å². The number of hydrogen-bond acceptors (Lipinski definition) is 8. The number of pyridine rings is 2. The molecule has 1 aliphatic rings. The van der Waals surface area contributed by atoms with E-state index in [2.05, 4.69) is 25.5 Å². The number of H-pyrrole nitrogens is 1. The number of halogens is 1. The van der Waals surface area contributed by atoms with Crippen molar-refractivity contribution in [1.82, 2.24) is 25.5 Å². The molecule has 0 radical (unpaired) electrons. The van der Waals surface area contributed by atoms with E-state index in [4.69, 9.17) is 4.74 Å². The van der Waals surface area contributed by atoms with Gasteiger partial charge in [-0.3, -0.25) is 14.9 Å². The maximum atomic E-state index is 14.3. The van der Waals surface area contributed by atoms with Crippen LogP contribution >= 0.6 is 0 Å². The molecule has 0 bridgehead atoms. The number of anilines is 1. The number of carbonyl (C=O) groups is 1. The van der Waals surface area contributed by atoms with E-state index in [0.29, 0.717) is 54.3 Å². The summed E-state index contributed by atoms with van der Waals surface area (Å²) in [5, 5.41) is 10.0. The Balaban J connectivity index is 1.29. The van der Waals surface area contributed by atoms with Crippen LogP contribution in [0.2, 0.25) is 0 Å². The van der Waals surface area contributed by atoms with Gasteiger partial charge < -0.3 is 15.0 Å². The molecule has 12 heteroatoms. The third-order valence-corrected chi connectivity index (χ3v) is 7.35. The molecule has 0 unspecified atom stereocenters. The minimum absolute atomic E-state index is 0.0688. The van der Waals surface area contributed by atoms with Gasteiger partial charge in [-0.2, -0.15) is 5.10 Å². The first-order chi connectivity index (χ1) is 16.9. The number of fused-ring (bicyclic) bond motifs is 1. The fraction of sp³-hybridized carbons (Fsp3) is 0.217. The van der Waals surface area contributed by atoms with E-state index in [0.717, 1.165) is 6.07 Å². The van der Waals surface area contributed by atoms with Crippen molar-refractivity contribution >= 4 is 32.5 Å². The van der Waals surface area contributed by atoms with Crippen molar-refractivity contribution in [1.29, 1.82) is 0 Å². The molecule has 0 aliphatic carbocycles. The second-order valence-electron chi connectivity index (χ2n) is 7.95. The standard InChI is InChI=1S/C23H21FN6O4S/c24-17-8-19(30-3-5-34-6-4-30)10-21(9-17)35(32,33)20-2-1-18(25-14-20)13-27-23(31)16-7-15-12-28-29-22(15)26-11-16/h1-2,7-12,14H,3-6,13H2,(H,27,31)(H,26,28,29). The van der Waals surface area contributed by atoms with Crippen molar-refractivity contribution in [3.63, 3.8) is 0 Å². The van der Waals surface area contributed by atoms with Crippen molar-refractivity contribution in [2.75, 3.05) is 31.2 Å². The van der Waals surface area contributed by atoms with E-state index in [9.17, 15) is 17.6 Å². The smallest absolute Gasteiger partial charge is 0.253 e. The highest BCUT2D eigenvalue weighted by atomic mass is 32.2. The van der Waals surface area contributed by atoms with Crippen molar-refractivity contribution in [3.05, 3.63) is 72.1 Å². The predicted molar refractivity (Wildman–Crippen MR) is 124 cm³/mol. The highest BCUT2D eigenvalue weighted by Crippen LogP contribution is 2.27. The predicted octanol–water partition coefficient (Wildman–Crippen LogP) is 2.09. The molecule has 3 aromatic heterocycles. The molecular formula is C23H21FN6O4S. The molecule has 0 saturated carbocycles. The highest BCUT2D eigenvalue weighted by Gasteiger charge is 2.22. The van der Waals surface area contributed by atoms with Gasteiger partial charge in [0.1, 0.15) is 5.82 Å². The topological polar surface area (TPSA) is 130 Å². The fourth-order valence-corrected chi connectivity index (χ4v) is 5.01. The summed E-state index contributed by atoms with van der Waals surface area (Å²) in [6.45, 7) is 2.18. The number of nitrogens with zero attached hydrogens (tertiary/aromatic N) is 4. The summed E-state index contributed by atoms with van der Waals surface area (Å²) in [5.74, 6) is -0.988. The molecule has 35 heavy (non-hydrogen) atoms. The number of morpholine rings is 1. The SMILES string of the molecule is O=C(NCc1ccc(S(=O)(=O)c2cc(F)cc(N3CCOCC3)c2)cn1)c1cnc2[nH]ncc2c1. The summed E-state index contributed by atoms with van der Waals surface area (Å²) < 4.78 is 45.9. The lowest BCUT2D eigenvalue weighted by atomic mass is 10.2. The summed E-state index contributed by atoms with van der Waals surface area (Å²) in [4.78, 5) is 22.4. The average Bonchev–Trinajstić information content (AvgIpc) is 3.36. The molecular weight excluding hydrogens is 475 g/mol. The van der Waals surface area contributed by atoms with Crippen LogP contribution in [0.25, 0.3) is 11.0 Å². The second-order valence-corrected chi connectivity index (χ2v) is 9.90. The quantitative estimate of drug-likeness (QED) is 0.415. The van der Waals surface area contributed by atoms with Crippen LogP contribution < -0.4 is 10.2 Å². The lowest BCUT2D eigenvalue weighted by Gasteiger charge is -2.29. The zero-order valence-electron chi connectivity index (χ0n) is 18.4. The number of aromatic nitrogens is 4. The van der Waals surface area contributed by atoms with Crippen LogP contribution in [0.4, 0.5) is 10.1 Å². The van der Waals surface area contributed by atoms with Crippen LogP contribution in [0.1, 0.15) is 16.1 Å². The van der Waals surface area contributed by atoms with E-state index in [-0.39, 0.29) is 22.2 Å². The normalized spacial score (nSPS) is 14.3. The summed E-state index contributed by atoms with van der Waals surface area (Å²) in [5.41, 5.74) is 1.89. The number of ether oxygens (including phenoxy) is 1. The van der Waals surface area contributed by atoms with Gasteiger partial charge in [-0.15, -0.1) is 0 Å². The summed E-state index contributed by atoms with van der Waals surface area (Å²) in [7, 11) is -3.99. The number of carbonyl (C=O) groups excluding carboxylic acids is 1. The molecule has 4 aromatic rings. The lowest BCUT2D eigenvalue weighted by molar-refractivity contribution is 0.0950. The monoisotopic (exact) mass is 496 g/mol. The molecule has 2 N–H and O–H groups in total.